The van der Waals surface area contributed by atoms with E-state index in [-0.39, 0.29) is 0 Å². The molecule has 0 aromatic heterocycles. The Kier molecular flexibility index (Phi) is 7.81. The maximum absolute atomic E-state index is 3.46. The molecule has 0 spiro atoms. The predicted octanol–water partition coefficient (Wildman–Crippen LogP) is 1.40. The lowest BCUT2D eigenvalue weighted by Crippen LogP contribution is -2.32. The third-order valence-corrected chi connectivity index (χ3v) is 3.37. The second kappa shape index (κ2) is 8.97. The molecule has 96 valence electrons. The van der Waals surface area contributed by atoms with E-state index in [1.807, 2.05) is 0 Å². The Hall–Kier alpha value is -0.120. The van der Waals surface area contributed by atoms with Crippen molar-refractivity contribution in [2.24, 2.45) is 0 Å². The summed E-state index contributed by atoms with van der Waals surface area (Å²) in [6.07, 6.45) is 3.92. The standard InChI is InChI=1S/C13H29N3/c1-3-9-15(4-2)11-6-12-16-10-5-7-14-8-13-16/h14H,3-13H2,1-2H3. The lowest BCUT2D eigenvalue weighted by molar-refractivity contribution is 0.239. The van der Waals surface area contributed by atoms with Gasteiger partial charge in [0.15, 0.2) is 0 Å². The van der Waals surface area contributed by atoms with Crippen LogP contribution in [0.3, 0.4) is 0 Å². The van der Waals surface area contributed by atoms with Gasteiger partial charge >= 0.3 is 0 Å². The highest BCUT2D eigenvalue weighted by Crippen LogP contribution is 1.99. The second-order valence-electron chi connectivity index (χ2n) is 4.73. The van der Waals surface area contributed by atoms with Gasteiger partial charge in [0.25, 0.3) is 0 Å². The monoisotopic (exact) mass is 227 g/mol. The molecule has 1 rings (SSSR count). The fourth-order valence-electron chi connectivity index (χ4n) is 2.39. The Balaban J connectivity index is 2.08. The van der Waals surface area contributed by atoms with Gasteiger partial charge in [0.2, 0.25) is 0 Å². The zero-order valence-corrected chi connectivity index (χ0v) is 11.2. The molecule has 0 aromatic rings. The first-order chi connectivity index (χ1) is 7.86. The molecule has 0 amide bonds. The van der Waals surface area contributed by atoms with Crippen LogP contribution in [0.25, 0.3) is 0 Å². The van der Waals surface area contributed by atoms with Gasteiger partial charge in [-0.3, -0.25) is 0 Å². The molecule has 0 unspecified atom stereocenters. The SMILES string of the molecule is CCCN(CC)CCCN1CCCNCC1. The van der Waals surface area contributed by atoms with Crippen LogP contribution in [0.4, 0.5) is 0 Å². The molecule has 0 atom stereocenters. The molecular formula is C13H29N3. The second-order valence-corrected chi connectivity index (χ2v) is 4.73. The maximum Gasteiger partial charge on any atom is 0.0107 e. The number of hydrogen-bond acceptors (Lipinski definition) is 3. The Morgan fingerprint density at radius 2 is 2.00 bits per heavy atom. The van der Waals surface area contributed by atoms with Crippen LogP contribution < -0.4 is 5.32 Å². The minimum atomic E-state index is 1.17. The van der Waals surface area contributed by atoms with Gasteiger partial charge < -0.3 is 15.1 Å². The highest BCUT2D eigenvalue weighted by Gasteiger charge is 2.08. The van der Waals surface area contributed by atoms with Crippen molar-refractivity contribution < 1.29 is 0 Å². The quantitative estimate of drug-likeness (QED) is 0.709. The molecule has 0 bridgehead atoms. The highest BCUT2D eigenvalue weighted by atomic mass is 15.2. The van der Waals surface area contributed by atoms with Gasteiger partial charge in [0.1, 0.15) is 0 Å². The number of hydrogen-bond donors (Lipinski definition) is 1. The number of rotatable bonds is 7. The topological polar surface area (TPSA) is 18.5 Å². The largest absolute Gasteiger partial charge is 0.315 e. The van der Waals surface area contributed by atoms with Gasteiger partial charge in [-0.15, -0.1) is 0 Å². The van der Waals surface area contributed by atoms with Crippen LogP contribution in [0.5, 0.6) is 0 Å². The van der Waals surface area contributed by atoms with Crippen LogP contribution >= 0.6 is 0 Å². The molecule has 0 saturated carbocycles. The van der Waals surface area contributed by atoms with Crippen molar-refractivity contribution in [1.29, 1.82) is 0 Å². The zero-order chi connectivity index (χ0) is 11.6. The van der Waals surface area contributed by atoms with E-state index < -0.39 is 0 Å². The lowest BCUT2D eigenvalue weighted by atomic mass is 10.3. The summed E-state index contributed by atoms with van der Waals surface area (Å²) >= 11 is 0. The van der Waals surface area contributed by atoms with E-state index in [0.29, 0.717) is 0 Å². The van der Waals surface area contributed by atoms with E-state index in [9.17, 15) is 0 Å². The van der Waals surface area contributed by atoms with Crippen LogP contribution in [0.2, 0.25) is 0 Å². The van der Waals surface area contributed by atoms with Crippen molar-refractivity contribution in [2.75, 3.05) is 52.4 Å². The molecule has 1 heterocycles. The summed E-state index contributed by atoms with van der Waals surface area (Å²) in [4.78, 5) is 5.18. The summed E-state index contributed by atoms with van der Waals surface area (Å²) < 4.78 is 0. The minimum absolute atomic E-state index is 1.17. The molecule has 1 saturated heterocycles. The summed E-state index contributed by atoms with van der Waals surface area (Å²) in [6.45, 7) is 14.4. The van der Waals surface area contributed by atoms with Gasteiger partial charge in [-0.25, -0.2) is 0 Å². The average Bonchev–Trinajstić information content (AvgIpc) is 2.56. The summed E-state index contributed by atoms with van der Waals surface area (Å²) in [6, 6.07) is 0. The van der Waals surface area contributed by atoms with Gasteiger partial charge in [-0.05, 0) is 58.5 Å². The molecule has 0 aliphatic carbocycles. The van der Waals surface area contributed by atoms with Crippen molar-refractivity contribution in [3.05, 3.63) is 0 Å². The van der Waals surface area contributed by atoms with E-state index in [4.69, 9.17) is 0 Å². The summed E-state index contributed by atoms with van der Waals surface area (Å²) in [5.41, 5.74) is 0. The lowest BCUT2D eigenvalue weighted by Gasteiger charge is -2.23. The predicted molar refractivity (Wildman–Crippen MR) is 70.9 cm³/mol. The first kappa shape index (κ1) is 13.9. The Bertz CT molecular complexity index is 153. The van der Waals surface area contributed by atoms with Crippen LogP contribution in [0.1, 0.15) is 33.1 Å². The first-order valence-corrected chi connectivity index (χ1v) is 7.02. The van der Waals surface area contributed by atoms with E-state index in [2.05, 4.69) is 29.0 Å². The molecule has 16 heavy (non-hydrogen) atoms. The summed E-state index contributed by atoms with van der Waals surface area (Å²) in [5, 5.41) is 3.46. The molecule has 1 fully saturated rings. The average molecular weight is 227 g/mol. The van der Waals surface area contributed by atoms with Gasteiger partial charge in [-0.1, -0.05) is 13.8 Å². The van der Waals surface area contributed by atoms with Gasteiger partial charge in [0.05, 0.1) is 0 Å². The smallest absolute Gasteiger partial charge is 0.0107 e. The van der Waals surface area contributed by atoms with E-state index in [0.717, 1.165) is 0 Å². The summed E-state index contributed by atoms with van der Waals surface area (Å²) in [5.74, 6) is 0. The molecular weight excluding hydrogens is 198 g/mol. The Morgan fingerprint density at radius 1 is 1.12 bits per heavy atom. The fourth-order valence-corrected chi connectivity index (χ4v) is 2.39. The summed E-state index contributed by atoms with van der Waals surface area (Å²) in [7, 11) is 0. The third kappa shape index (κ3) is 5.83. The minimum Gasteiger partial charge on any atom is -0.315 e. The highest BCUT2D eigenvalue weighted by molar-refractivity contribution is 4.66. The van der Waals surface area contributed by atoms with Crippen molar-refractivity contribution in [3.8, 4) is 0 Å². The van der Waals surface area contributed by atoms with Crippen LogP contribution in [0, 0.1) is 0 Å². The molecule has 1 N–H and O–H groups in total. The molecule has 1 aliphatic heterocycles. The van der Waals surface area contributed by atoms with E-state index in [1.54, 1.807) is 0 Å². The maximum atomic E-state index is 3.46. The molecule has 0 aromatic carbocycles. The zero-order valence-electron chi connectivity index (χ0n) is 11.2. The van der Waals surface area contributed by atoms with Crippen molar-refractivity contribution in [1.82, 2.24) is 15.1 Å². The van der Waals surface area contributed by atoms with Crippen LogP contribution in [-0.2, 0) is 0 Å². The van der Waals surface area contributed by atoms with Crippen molar-refractivity contribution in [2.45, 2.75) is 33.1 Å². The third-order valence-electron chi connectivity index (χ3n) is 3.37. The van der Waals surface area contributed by atoms with Crippen molar-refractivity contribution in [3.63, 3.8) is 0 Å². The van der Waals surface area contributed by atoms with Crippen LogP contribution in [0.15, 0.2) is 0 Å². The fraction of sp³-hybridized carbons (Fsp3) is 1.00. The Morgan fingerprint density at radius 3 is 2.75 bits per heavy atom. The molecule has 3 heteroatoms. The molecule has 3 nitrogen and oxygen atoms in total. The van der Waals surface area contributed by atoms with E-state index in [1.165, 1.54) is 71.6 Å². The number of nitrogens with one attached hydrogen (secondary N) is 1. The van der Waals surface area contributed by atoms with Gasteiger partial charge in [-0.2, -0.15) is 0 Å². The van der Waals surface area contributed by atoms with E-state index >= 15 is 0 Å². The van der Waals surface area contributed by atoms with Crippen LogP contribution in [-0.4, -0.2) is 62.2 Å². The molecule has 1 aliphatic rings. The number of nitrogens with zero attached hydrogens (tertiary/aromatic N) is 2. The normalized spacial score (nSPS) is 18.9. The Labute approximate surface area is 101 Å². The van der Waals surface area contributed by atoms with Crippen molar-refractivity contribution >= 4 is 0 Å². The molecule has 0 radical (unpaired) electrons. The first-order valence-electron chi connectivity index (χ1n) is 7.02. The van der Waals surface area contributed by atoms with Gasteiger partial charge in [0, 0.05) is 13.1 Å².